The van der Waals surface area contributed by atoms with Gasteiger partial charge in [0, 0.05) is 38.9 Å². The third-order valence-electron chi connectivity index (χ3n) is 11.8. The maximum Gasteiger partial charge on any atom is 0.0619 e. The van der Waals surface area contributed by atoms with Gasteiger partial charge in [0.1, 0.15) is 0 Å². The van der Waals surface area contributed by atoms with Gasteiger partial charge in [-0.15, -0.1) is 0 Å². The molecule has 0 aliphatic carbocycles. The molecule has 0 saturated carbocycles. The fourth-order valence-electron chi connectivity index (χ4n) is 8.77. The third kappa shape index (κ3) is 6.41. The second kappa shape index (κ2) is 15.1. The highest BCUT2D eigenvalue weighted by atomic mass is 15.1. The molecule has 0 amide bonds. The first-order valence-electron chi connectivity index (χ1n) is 20.6. The molecule has 0 aliphatic heterocycles. The van der Waals surface area contributed by atoms with E-state index in [0.29, 0.717) is 0 Å². The van der Waals surface area contributed by atoms with E-state index >= 15 is 0 Å². The van der Waals surface area contributed by atoms with Crippen molar-refractivity contribution >= 4 is 49.6 Å². The maximum atomic E-state index is 2.42. The Morgan fingerprint density at radius 3 is 1.10 bits per heavy atom. The first-order chi connectivity index (χ1) is 29.7. The van der Waals surface area contributed by atoms with Crippen LogP contribution in [0.3, 0.4) is 0 Å². The zero-order valence-electron chi connectivity index (χ0n) is 33.0. The van der Waals surface area contributed by atoms with Gasteiger partial charge in [0.05, 0.1) is 11.0 Å². The standard InChI is InChI=1S/C58H40N2/c1-3-11-41(12-4-1)45-23-32-50(33-24-45)59(51-34-25-46(26-35-51)42-13-5-2-6-14-42)52-36-27-47(28-37-52)43-19-21-44(22-20-43)48-29-38-53(39-30-48)60-57-18-10-9-17-55(57)56-40-31-49-15-7-8-16-54(49)58(56)60/h1-40H. The maximum absolute atomic E-state index is 2.42. The zero-order valence-corrected chi connectivity index (χ0v) is 33.0. The average Bonchev–Trinajstić information content (AvgIpc) is 3.68. The number of fused-ring (bicyclic) bond motifs is 5. The predicted molar refractivity (Wildman–Crippen MR) is 255 cm³/mol. The Morgan fingerprint density at radius 1 is 0.250 bits per heavy atom. The Labute approximate surface area is 350 Å². The van der Waals surface area contributed by atoms with Crippen LogP contribution in [0.4, 0.5) is 17.1 Å². The van der Waals surface area contributed by atoms with Gasteiger partial charge in [-0.2, -0.15) is 0 Å². The van der Waals surface area contributed by atoms with Crippen molar-refractivity contribution in [1.29, 1.82) is 0 Å². The van der Waals surface area contributed by atoms with E-state index in [4.69, 9.17) is 0 Å². The van der Waals surface area contributed by atoms with Crippen LogP contribution in [0.25, 0.3) is 82.8 Å². The minimum Gasteiger partial charge on any atom is -0.311 e. The summed E-state index contributed by atoms with van der Waals surface area (Å²) < 4.78 is 2.42. The SMILES string of the molecule is c1ccc(-c2ccc(N(c3ccc(-c4ccccc4)cc3)c3ccc(-c4ccc(-c5ccc(-n6c7ccccc7c7ccc8ccccc8c76)cc5)cc4)cc3)cc2)cc1. The molecule has 0 saturated heterocycles. The molecule has 2 heteroatoms. The van der Waals surface area contributed by atoms with Crippen molar-refractivity contribution in [3.8, 4) is 50.2 Å². The van der Waals surface area contributed by atoms with Crippen molar-refractivity contribution in [1.82, 2.24) is 4.57 Å². The summed E-state index contributed by atoms with van der Waals surface area (Å²) >= 11 is 0. The molecule has 0 fully saturated rings. The Kier molecular flexibility index (Phi) is 8.87. The Morgan fingerprint density at radius 2 is 0.617 bits per heavy atom. The first kappa shape index (κ1) is 35.2. The average molecular weight is 765 g/mol. The van der Waals surface area contributed by atoms with E-state index in [1.807, 2.05) is 0 Å². The van der Waals surface area contributed by atoms with Crippen molar-refractivity contribution < 1.29 is 0 Å². The number of rotatable bonds is 8. The fraction of sp³-hybridized carbons (Fsp3) is 0. The molecule has 0 atom stereocenters. The lowest BCUT2D eigenvalue weighted by atomic mass is 9.99. The highest BCUT2D eigenvalue weighted by Crippen LogP contribution is 2.39. The van der Waals surface area contributed by atoms with Crippen molar-refractivity contribution in [3.05, 3.63) is 243 Å². The fourth-order valence-corrected chi connectivity index (χ4v) is 8.77. The highest BCUT2D eigenvalue weighted by molar-refractivity contribution is 6.18. The summed E-state index contributed by atoms with van der Waals surface area (Å²) in [6.45, 7) is 0. The van der Waals surface area contributed by atoms with Crippen LogP contribution >= 0.6 is 0 Å². The van der Waals surface area contributed by atoms with Gasteiger partial charge in [0.2, 0.25) is 0 Å². The van der Waals surface area contributed by atoms with Gasteiger partial charge in [-0.1, -0.05) is 188 Å². The van der Waals surface area contributed by atoms with Crippen LogP contribution in [0.2, 0.25) is 0 Å². The Bertz CT molecular complexity index is 3150. The van der Waals surface area contributed by atoms with E-state index in [2.05, 4.69) is 252 Å². The summed E-state index contributed by atoms with van der Waals surface area (Å²) in [7, 11) is 0. The molecule has 11 rings (SSSR count). The molecule has 1 heterocycles. The van der Waals surface area contributed by atoms with Gasteiger partial charge >= 0.3 is 0 Å². The lowest BCUT2D eigenvalue weighted by Gasteiger charge is -2.26. The van der Waals surface area contributed by atoms with Gasteiger partial charge < -0.3 is 9.47 Å². The second-order valence-electron chi connectivity index (χ2n) is 15.4. The topological polar surface area (TPSA) is 8.17 Å². The van der Waals surface area contributed by atoms with Crippen LogP contribution < -0.4 is 4.90 Å². The van der Waals surface area contributed by atoms with E-state index in [1.54, 1.807) is 0 Å². The van der Waals surface area contributed by atoms with Crippen LogP contribution in [0.5, 0.6) is 0 Å². The Balaban J connectivity index is 0.884. The summed E-state index contributed by atoms with van der Waals surface area (Å²) in [5.41, 5.74) is 16.5. The number of hydrogen-bond donors (Lipinski definition) is 0. The summed E-state index contributed by atoms with van der Waals surface area (Å²) in [5.74, 6) is 0. The van der Waals surface area contributed by atoms with E-state index in [1.165, 1.54) is 77.1 Å². The predicted octanol–water partition coefficient (Wildman–Crippen LogP) is 16.1. The van der Waals surface area contributed by atoms with Crippen LogP contribution in [-0.2, 0) is 0 Å². The summed E-state index contributed by atoms with van der Waals surface area (Å²) in [6, 6.07) is 87.7. The lowest BCUT2D eigenvalue weighted by Crippen LogP contribution is -2.09. The van der Waals surface area contributed by atoms with Crippen LogP contribution in [0, 0.1) is 0 Å². The largest absolute Gasteiger partial charge is 0.311 e. The van der Waals surface area contributed by atoms with Gasteiger partial charge in [0.25, 0.3) is 0 Å². The molecule has 0 bridgehead atoms. The van der Waals surface area contributed by atoms with E-state index < -0.39 is 0 Å². The smallest absolute Gasteiger partial charge is 0.0619 e. The number of nitrogens with zero attached hydrogens (tertiary/aromatic N) is 2. The minimum absolute atomic E-state index is 1.10. The number of aromatic nitrogens is 1. The molecule has 10 aromatic carbocycles. The molecule has 0 N–H and O–H groups in total. The monoisotopic (exact) mass is 764 g/mol. The summed E-state index contributed by atoms with van der Waals surface area (Å²) in [5, 5.41) is 5.07. The zero-order chi connectivity index (χ0) is 39.8. The quantitative estimate of drug-likeness (QED) is 0.150. The Hall–Kier alpha value is -7.94. The first-order valence-corrected chi connectivity index (χ1v) is 20.6. The molecule has 2 nitrogen and oxygen atoms in total. The summed E-state index contributed by atoms with van der Waals surface area (Å²) in [6.07, 6.45) is 0. The van der Waals surface area contributed by atoms with Crippen molar-refractivity contribution in [2.24, 2.45) is 0 Å². The van der Waals surface area contributed by atoms with Crippen molar-refractivity contribution in [2.45, 2.75) is 0 Å². The number of benzene rings is 10. The second-order valence-corrected chi connectivity index (χ2v) is 15.4. The van der Waals surface area contributed by atoms with Crippen molar-refractivity contribution in [2.75, 3.05) is 4.90 Å². The van der Waals surface area contributed by atoms with Crippen LogP contribution in [-0.4, -0.2) is 4.57 Å². The number of anilines is 3. The van der Waals surface area contributed by atoms with Crippen molar-refractivity contribution in [3.63, 3.8) is 0 Å². The summed E-state index contributed by atoms with van der Waals surface area (Å²) in [4.78, 5) is 2.34. The number of hydrogen-bond acceptors (Lipinski definition) is 1. The van der Waals surface area contributed by atoms with Gasteiger partial charge in [0.15, 0.2) is 0 Å². The molecule has 282 valence electrons. The van der Waals surface area contributed by atoms with Crippen LogP contribution in [0.15, 0.2) is 243 Å². The highest BCUT2D eigenvalue weighted by Gasteiger charge is 2.16. The molecule has 60 heavy (non-hydrogen) atoms. The lowest BCUT2D eigenvalue weighted by molar-refractivity contribution is 1.19. The molecule has 0 unspecified atom stereocenters. The molecule has 1 aromatic heterocycles. The molecule has 0 radical (unpaired) electrons. The molecule has 0 aliphatic rings. The minimum atomic E-state index is 1.10. The number of para-hydroxylation sites is 1. The van der Waals surface area contributed by atoms with Gasteiger partial charge in [-0.05, 0) is 104 Å². The van der Waals surface area contributed by atoms with E-state index in [9.17, 15) is 0 Å². The van der Waals surface area contributed by atoms with E-state index in [-0.39, 0.29) is 0 Å². The van der Waals surface area contributed by atoms with Crippen LogP contribution in [0.1, 0.15) is 0 Å². The molecule has 0 spiro atoms. The molecular weight excluding hydrogens is 725 g/mol. The normalized spacial score (nSPS) is 11.3. The van der Waals surface area contributed by atoms with Gasteiger partial charge in [-0.3, -0.25) is 0 Å². The third-order valence-corrected chi connectivity index (χ3v) is 11.8. The van der Waals surface area contributed by atoms with Gasteiger partial charge in [-0.25, -0.2) is 0 Å². The van der Waals surface area contributed by atoms with E-state index in [0.717, 1.165) is 22.7 Å². The molecule has 11 aromatic rings. The molecular formula is C58H40N2.